The molecule has 0 bridgehead atoms. The van der Waals surface area contributed by atoms with Crippen LogP contribution in [0, 0.1) is 6.82 Å². The topological polar surface area (TPSA) is 0 Å². The first kappa shape index (κ1) is 29.2. The molecular formula is CH2B4Y4-. The predicted octanol–water partition coefficient (Wildman–Crippen LogP) is -1.21. The molecular weight excluding hydrogens is 411 g/mol. The molecule has 0 rings (SSSR count). The Labute approximate surface area is 162 Å². The molecule has 8 heteroatoms. The Morgan fingerprint density at radius 1 is 1.00 bits per heavy atom. The Kier molecular flexibility index (Phi) is 74.5. The average molecular weight is 413 g/mol. The predicted molar refractivity (Wildman–Crippen MR) is 28.4 cm³/mol. The van der Waals surface area contributed by atoms with Gasteiger partial charge in [0.1, 0.15) is 0 Å². The van der Waals surface area contributed by atoms with E-state index in [2.05, 4.69) is 6.82 Å². The van der Waals surface area contributed by atoms with Crippen molar-refractivity contribution in [1.82, 2.24) is 0 Å². The molecule has 0 fully saturated rings. The van der Waals surface area contributed by atoms with Crippen LogP contribution in [0.2, 0.25) is 0 Å². The van der Waals surface area contributed by atoms with E-state index in [-0.39, 0.29) is 137 Å². The number of hydrogen-bond acceptors (Lipinski definition) is 0. The van der Waals surface area contributed by atoms with Gasteiger partial charge in [0.15, 0.2) is 0 Å². The second-order valence-corrected chi connectivity index (χ2v) is 0.813. The number of rotatable bonds is 1. The van der Waals surface area contributed by atoms with Gasteiger partial charge >= 0.3 is 0 Å². The van der Waals surface area contributed by atoms with Crippen LogP contribution in [0.3, 0.4) is 0 Å². The largest absolute Gasteiger partial charge is 0.381 e. The summed E-state index contributed by atoms with van der Waals surface area (Å²) in [6, 6.07) is 0. The van der Waals surface area contributed by atoms with Crippen molar-refractivity contribution < 1.29 is 131 Å². The third-order valence-corrected chi connectivity index (χ3v) is 0.272. The minimum Gasteiger partial charge on any atom is -0.381 e. The fraction of sp³-hybridized carbons (Fsp3) is 0. The van der Waals surface area contributed by atoms with Crippen LogP contribution in [0.25, 0.3) is 0 Å². The van der Waals surface area contributed by atoms with E-state index >= 15 is 0 Å². The van der Waals surface area contributed by atoms with Gasteiger partial charge in [-0.15, -0.1) is 0 Å². The summed E-state index contributed by atoms with van der Waals surface area (Å²) in [5.41, 5.74) is 0. The van der Waals surface area contributed by atoms with Crippen LogP contribution in [0.1, 0.15) is 0 Å². The molecule has 31 valence electrons. The molecule has 0 aromatic rings. The molecule has 0 aliphatic carbocycles. The third kappa shape index (κ3) is 32.4. The van der Waals surface area contributed by atoms with Crippen LogP contribution < -0.4 is 0 Å². The van der Waals surface area contributed by atoms with Gasteiger partial charge in [0.05, 0.1) is 0 Å². The summed E-state index contributed by atoms with van der Waals surface area (Å²) in [5, 5.41) is 0. The maximum absolute atomic E-state index is 4.95. The molecule has 0 aliphatic heterocycles. The van der Waals surface area contributed by atoms with E-state index in [0.29, 0.717) is 0 Å². The Balaban J connectivity index is -0.0000000133. The van der Waals surface area contributed by atoms with Crippen LogP contribution in [0.5, 0.6) is 0 Å². The van der Waals surface area contributed by atoms with Crippen molar-refractivity contribution in [3.8, 4) is 0 Å². The van der Waals surface area contributed by atoms with Gasteiger partial charge in [0.25, 0.3) is 0 Å². The van der Waals surface area contributed by atoms with Crippen molar-refractivity contribution in [2.75, 3.05) is 0 Å². The van der Waals surface area contributed by atoms with Crippen LogP contribution in [-0.2, 0) is 131 Å². The molecule has 0 nitrogen and oxygen atoms in total. The molecule has 9 heavy (non-hydrogen) atoms. The second kappa shape index (κ2) is 23.0. The average Bonchev–Trinajstić information content (AvgIpc) is 1.38. The number of hydrogen-bond donors (Lipinski definition) is 0. The molecule has 0 spiro atoms. The molecule has 9 radical (unpaired) electrons. The third-order valence-electron chi connectivity index (χ3n) is 0.272. The van der Waals surface area contributed by atoms with Gasteiger partial charge in [-0.3, -0.25) is 0 Å². The molecule has 0 saturated carbocycles. The van der Waals surface area contributed by atoms with Gasteiger partial charge in [0, 0.05) is 131 Å². The van der Waals surface area contributed by atoms with Gasteiger partial charge in [-0.05, 0) is 21.9 Å². The molecule has 0 aromatic heterocycles. The minimum absolute atomic E-state index is 0. The van der Waals surface area contributed by atoms with E-state index in [9.17, 15) is 0 Å². The van der Waals surface area contributed by atoms with Crippen LogP contribution >= 0.6 is 0 Å². The van der Waals surface area contributed by atoms with Crippen LogP contribution in [0.15, 0.2) is 0 Å². The van der Waals surface area contributed by atoms with E-state index in [0.717, 1.165) is 0 Å². The zero-order valence-corrected chi connectivity index (χ0v) is 16.7. The van der Waals surface area contributed by atoms with Crippen molar-refractivity contribution in [3.63, 3.8) is 0 Å². The summed E-state index contributed by atoms with van der Waals surface area (Å²) in [6.07, 6.45) is -0.352. The molecule has 0 heterocycles. The molecule has 0 aromatic carbocycles. The zero-order chi connectivity index (χ0) is 4.28. The Bertz CT molecular complexity index is 26.5. The van der Waals surface area contributed by atoms with E-state index in [1.165, 1.54) is 7.17 Å². The van der Waals surface area contributed by atoms with Crippen molar-refractivity contribution in [2.45, 2.75) is 0 Å². The van der Waals surface area contributed by atoms with E-state index in [1.54, 1.807) is 0 Å². The van der Waals surface area contributed by atoms with Crippen molar-refractivity contribution in [3.05, 3.63) is 6.82 Å². The van der Waals surface area contributed by atoms with Gasteiger partial charge < -0.3 is 6.82 Å². The second-order valence-electron chi connectivity index (χ2n) is 0.813. The zero-order valence-electron chi connectivity index (χ0n) is 5.33. The summed E-state index contributed by atoms with van der Waals surface area (Å²) in [6.45, 7) is 3.31. The fourth-order valence-electron chi connectivity index (χ4n) is 0. The molecule has 0 unspecified atom stereocenters. The normalized spacial score (nSPS) is 3.67. The first-order valence-electron chi connectivity index (χ1n) is 1.41. The van der Waals surface area contributed by atoms with Crippen molar-refractivity contribution in [2.24, 2.45) is 0 Å². The molecule has 0 amide bonds. The maximum Gasteiger partial charge on any atom is 0 e. The molecule has 0 aliphatic rings. The fourth-order valence-corrected chi connectivity index (χ4v) is 0. The molecule has 0 N–H and O–H groups in total. The summed E-state index contributed by atoms with van der Waals surface area (Å²) >= 11 is 0. The first-order chi connectivity index (χ1) is 2.27. The van der Waals surface area contributed by atoms with Crippen LogP contribution in [-0.4, -0.2) is 29.0 Å². The van der Waals surface area contributed by atoms with Gasteiger partial charge in [-0.25, -0.2) is 0 Å². The Hall–Kier alpha value is 4.68. The summed E-state index contributed by atoms with van der Waals surface area (Å²) in [4.78, 5) is 0. The van der Waals surface area contributed by atoms with E-state index in [4.69, 9.17) is 15.5 Å². The van der Waals surface area contributed by atoms with Crippen LogP contribution in [0.4, 0.5) is 0 Å². The summed E-state index contributed by atoms with van der Waals surface area (Å²) in [7, 11) is 11.4. The summed E-state index contributed by atoms with van der Waals surface area (Å²) in [5.74, 6) is 0. The van der Waals surface area contributed by atoms with Gasteiger partial charge in [-0.2, -0.15) is 7.17 Å². The van der Waals surface area contributed by atoms with E-state index in [1.807, 2.05) is 0 Å². The smallest absolute Gasteiger partial charge is 0 e. The first-order valence-corrected chi connectivity index (χ1v) is 1.41. The van der Waals surface area contributed by atoms with Crippen molar-refractivity contribution >= 4 is 29.0 Å². The van der Waals surface area contributed by atoms with Gasteiger partial charge in [-0.1, -0.05) is 0 Å². The monoisotopic (exact) mass is 414 g/mol. The summed E-state index contributed by atoms with van der Waals surface area (Å²) < 4.78 is 0. The SMILES string of the molecule is [B]B([B])[B][CH2-].[Y].[Y].[Y].[Y]. The minimum atomic E-state index is -0.352. The standard InChI is InChI=1S/CH2B4.4Y/c1-4-5(2)3;;;;/h1H2;;;;/q-1;;;;. The van der Waals surface area contributed by atoms with E-state index < -0.39 is 0 Å². The van der Waals surface area contributed by atoms with Crippen molar-refractivity contribution in [1.29, 1.82) is 0 Å². The quantitative estimate of drug-likeness (QED) is 0.375. The Morgan fingerprint density at radius 2 is 1.11 bits per heavy atom. The molecule has 0 atom stereocenters. The van der Waals surface area contributed by atoms with Gasteiger partial charge in [0.2, 0.25) is 0 Å². The molecule has 0 saturated heterocycles. The maximum atomic E-state index is 4.95. The Morgan fingerprint density at radius 3 is 1.11 bits per heavy atom.